The summed E-state index contributed by atoms with van der Waals surface area (Å²) in [5.74, 6) is 0. The lowest BCUT2D eigenvalue weighted by molar-refractivity contribution is 0.758. The molecule has 1 aliphatic heterocycles. The number of rotatable bonds is 2. The van der Waals surface area contributed by atoms with Crippen LogP contribution in [0.25, 0.3) is 5.69 Å². The zero-order chi connectivity index (χ0) is 14.9. The fraction of sp³-hybridized carbons (Fsp3) is 0.0588. The summed E-state index contributed by atoms with van der Waals surface area (Å²) < 4.78 is 1.69. The Labute approximate surface area is 136 Å². The van der Waals surface area contributed by atoms with Crippen molar-refractivity contribution in [1.29, 1.82) is 0 Å². The van der Waals surface area contributed by atoms with Gasteiger partial charge in [0.2, 0.25) is 0 Å². The second kappa shape index (κ2) is 5.66. The smallest absolute Gasteiger partial charge is 0.266 e. The summed E-state index contributed by atoms with van der Waals surface area (Å²) in [4.78, 5) is 14.5. The standard InChI is InChI=1S/C17H12N2OS2/c20-16-15-14(11-18-19(16)13-9-5-2-6-10-13)21-17(22-15)12-7-3-1-4-8-12/h1-11,17H. The Hall–Kier alpha value is -1.98. The Bertz CT molecular complexity index is 863. The van der Waals surface area contributed by atoms with Gasteiger partial charge in [0.25, 0.3) is 5.56 Å². The van der Waals surface area contributed by atoms with Crippen molar-refractivity contribution < 1.29 is 0 Å². The van der Waals surface area contributed by atoms with E-state index in [-0.39, 0.29) is 10.1 Å². The van der Waals surface area contributed by atoms with Crippen molar-refractivity contribution in [3.05, 3.63) is 82.8 Å². The molecule has 108 valence electrons. The van der Waals surface area contributed by atoms with Crippen molar-refractivity contribution in [1.82, 2.24) is 9.78 Å². The lowest BCUT2D eigenvalue weighted by Gasteiger charge is -2.06. The van der Waals surface area contributed by atoms with Crippen LogP contribution < -0.4 is 5.56 Å². The van der Waals surface area contributed by atoms with E-state index in [2.05, 4.69) is 17.2 Å². The van der Waals surface area contributed by atoms with E-state index >= 15 is 0 Å². The molecular formula is C17H12N2OS2. The average Bonchev–Trinajstić information content (AvgIpc) is 3.02. The van der Waals surface area contributed by atoms with Gasteiger partial charge in [-0.2, -0.15) is 9.78 Å². The van der Waals surface area contributed by atoms with Crippen molar-refractivity contribution in [3.8, 4) is 5.69 Å². The number of hydrogen-bond acceptors (Lipinski definition) is 4. The van der Waals surface area contributed by atoms with Gasteiger partial charge in [-0.1, -0.05) is 60.3 Å². The molecule has 0 bridgehead atoms. The third kappa shape index (κ3) is 2.36. The Balaban J connectivity index is 1.74. The van der Waals surface area contributed by atoms with Gasteiger partial charge < -0.3 is 0 Å². The number of thioether (sulfide) groups is 2. The lowest BCUT2D eigenvalue weighted by atomic mass is 10.2. The van der Waals surface area contributed by atoms with Gasteiger partial charge in [0.05, 0.1) is 21.4 Å². The molecule has 2 aromatic carbocycles. The zero-order valence-electron chi connectivity index (χ0n) is 11.5. The van der Waals surface area contributed by atoms with Crippen LogP contribution >= 0.6 is 23.5 Å². The van der Waals surface area contributed by atoms with Gasteiger partial charge in [-0.15, -0.1) is 11.8 Å². The molecule has 0 saturated carbocycles. The molecule has 0 amide bonds. The molecule has 1 unspecified atom stereocenters. The number of para-hydroxylation sites is 1. The van der Waals surface area contributed by atoms with Gasteiger partial charge in [-0.05, 0) is 17.7 Å². The predicted octanol–water partition coefficient (Wildman–Crippen LogP) is 4.13. The second-order valence-corrected chi connectivity index (χ2v) is 7.43. The van der Waals surface area contributed by atoms with Crippen molar-refractivity contribution in [2.24, 2.45) is 0 Å². The van der Waals surface area contributed by atoms with Gasteiger partial charge in [0, 0.05) is 4.90 Å². The van der Waals surface area contributed by atoms with Gasteiger partial charge in [0.1, 0.15) is 0 Å². The van der Waals surface area contributed by atoms with Crippen LogP contribution in [0.1, 0.15) is 10.1 Å². The lowest BCUT2D eigenvalue weighted by Crippen LogP contribution is -2.22. The molecule has 1 atom stereocenters. The number of aromatic nitrogens is 2. The van der Waals surface area contributed by atoms with E-state index in [1.165, 1.54) is 10.2 Å². The highest BCUT2D eigenvalue weighted by molar-refractivity contribution is 8.18. The van der Waals surface area contributed by atoms with E-state index in [1.54, 1.807) is 29.7 Å². The molecule has 0 radical (unpaired) electrons. The highest BCUT2D eigenvalue weighted by atomic mass is 32.2. The van der Waals surface area contributed by atoms with E-state index in [0.29, 0.717) is 0 Å². The molecule has 4 rings (SSSR count). The quantitative estimate of drug-likeness (QED) is 0.710. The summed E-state index contributed by atoms with van der Waals surface area (Å²) in [7, 11) is 0. The van der Waals surface area contributed by atoms with Crippen LogP contribution in [0.2, 0.25) is 0 Å². The summed E-state index contributed by atoms with van der Waals surface area (Å²) in [6.45, 7) is 0. The van der Waals surface area contributed by atoms with Crippen LogP contribution in [0.15, 0.2) is 81.4 Å². The summed E-state index contributed by atoms with van der Waals surface area (Å²) in [5.41, 5.74) is 1.98. The van der Waals surface area contributed by atoms with Gasteiger partial charge in [0.15, 0.2) is 0 Å². The Morgan fingerprint density at radius 3 is 2.32 bits per heavy atom. The molecule has 0 saturated heterocycles. The van der Waals surface area contributed by atoms with Crippen LogP contribution in [-0.2, 0) is 0 Å². The molecule has 3 nitrogen and oxygen atoms in total. The van der Waals surface area contributed by atoms with E-state index in [0.717, 1.165) is 15.5 Å². The van der Waals surface area contributed by atoms with Crippen molar-refractivity contribution in [2.45, 2.75) is 14.4 Å². The fourth-order valence-electron chi connectivity index (χ4n) is 2.36. The molecular weight excluding hydrogens is 312 g/mol. The highest BCUT2D eigenvalue weighted by Gasteiger charge is 2.28. The first-order valence-corrected chi connectivity index (χ1v) is 8.65. The molecule has 1 aromatic heterocycles. The molecule has 0 N–H and O–H groups in total. The third-order valence-electron chi connectivity index (χ3n) is 3.43. The summed E-state index contributed by atoms with van der Waals surface area (Å²) in [5, 5.41) is 4.32. The van der Waals surface area contributed by atoms with Gasteiger partial charge >= 0.3 is 0 Å². The van der Waals surface area contributed by atoms with Crippen LogP contribution in [0.3, 0.4) is 0 Å². The topological polar surface area (TPSA) is 34.9 Å². The maximum atomic E-state index is 12.7. The van der Waals surface area contributed by atoms with Crippen LogP contribution in [-0.4, -0.2) is 9.78 Å². The second-order valence-electron chi connectivity index (χ2n) is 4.87. The fourth-order valence-corrected chi connectivity index (χ4v) is 5.13. The molecule has 0 aliphatic carbocycles. The summed E-state index contributed by atoms with van der Waals surface area (Å²) in [6, 6.07) is 19.8. The van der Waals surface area contributed by atoms with Crippen LogP contribution in [0.4, 0.5) is 0 Å². The highest BCUT2D eigenvalue weighted by Crippen LogP contribution is 2.54. The van der Waals surface area contributed by atoms with E-state index < -0.39 is 0 Å². The minimum Gasteiger partial charge on any atom is -0.266 e. The number of hydrogen-bond donors (Lipinski definition) is 0. The van der Waals surface area contributed by atoms with Crippen molar-refractivity contribution in [2.75, 3.05) is 0 Å². The van der Waals surface area contributed by atoms with Crippen LogP contribution in [0, 0.1) is 0 Å². The number of benzene rings is 2. The number of nitrogens with zero attached hydrogens (tertiary/aromatic N) is 2. The average molecular weight is 324 g/mol. The molecule has 2 heterocycles. The predicted molar refractivity (Wildman–Crippen MR) is 90.7 cm³/mol. The Morgan fingerprint density at radius 2 is 1.59 bits per heavy atom. The first kappa shape index (κ1) is 13.7. The summed E-state index contributed by atoms with van der Waals surface area (Å²) >= 11 is 3.31. The third-order valence-corrected chi connectivity index (χ3v) is 6.31. The molecule has 1 aliphatic rings. The molecule has 3 aromatic rings. The zero-order valence-corrected chi connectivity index (χ0v) is 13.2. The first-order valence-electron chi connectivity index (χ1n) is 6.89. The molecule has 0 spiro atoms. The van der Waals surface area contributed by atoms with E-state index in [1.807, 2.05) is 48.5 Å². The largest absolute Gasteiger partial charge is 0.286 e. The normalized spacial score (nSPS) is 16.5. The van der Waals surface area contributed by atoms with E-state index in [4.69, 9.17) is 0 Å². The number of fused-ring (bicyclic) bond motifs is 1. The Kier molecular flexibility index (Phi) is 3.52. The maximum Gasteiger partial charge on any atom is 0.286 e. The monoisotopic (exact) mass is 324 g/mol. The van der Waals surface area contributed by atoms with Crippen LogP contribution in [0.5, 0.6) is 0 Å². The Morgan fingerprint density at radius 1 is 0.909 bits per heavy atom. The molecule has 5 heteroatoms. The van der Waals surface area contributed by atoms with E-state index in [9.17, 15) is 4.79 Å². The minimum absolute atomic E-state index is 0.0420. The molecule has 22 heavy (non-hydrogen) atoms. The summed E-state index contributed by atoms with van der Waals surface area (Å²) in [6.07, 6.45) is 1.80. The van der Waals surface area contributed by atoms with Crippen molar-refractivity contribution in [3.63, 3.8) is 0 Å². The maximum absolute atomic E-state index is 12.7. The van der Waals surface area contributed by atoms with Crippen molar-refractivity contribution >= 4 is 23.5 Å². The van der Waals surface area contributed by atoms with Gasteiger partial charge in [-0.25, -0.2) is 0 Å². The van der Waals surface area contributed by atoms with Gasteiger partial charge in [-0.3, -0.25) is 4.79 Å². The first-order chi connectivity index (χ1) is 10.8. The minimum atomic E-state index is -0.0420. The molecule has 0 fully saturated rings. The SMILES string of the molecule is O=c1c2c(cnn1-c1ccccc1)SC(c1ccccc1)S2.